The molecule has 1 nitrogen and oxygen atoms in total. The van der Waals surface area contributed by atoms with Gasteiger partial charge in [-0.2, -0.15) is 0 Å². The van der Waals surface area contributed by atoms with Crippen LogP contribution in [0.5, 0.6) is 0 Å². The van der Waals surface area contributed by atoms with Crippen LogP contribution in [0.3, 0.4) is 0 Å². The number of aliphatic hydroxyl groups excluding tert-OH is 1. The van der Waals surface area contributed by atoms with Gasteiger partial charge in [-0.25, -0.2) is 17.6 Å². The zero-order chi connectivity index (χ0) is 14.9. The molecule has 0 fully saturated rings. The van der Waals surface area contributed by atoms with E-state index in [1.165, 1.54) is 31.2 Å². The molecule has 2 rings (SSSR count). The molecule has 5 heteroatoms. The van der Waals surface area contributed by atoms with Crippen LogP contribution in [0.1, 0.15) is 34.8 Å². The maximum absolute atomic E-state index is 13.9. The summed E-state index contributed by atoms with van der Waals surface area (Å²) in [6.07, 6.45) is -4.34. The van der Waals surface area contributed by atoms with Crippen LogP contribution in [-0.4, -0.2) is 5.11 Å². The van der Waals surface area contributed by atoms with Crippen molar-refractivity contribution in [3.05, 3.63) is 70.3 Å². The average molecular weight is 284 g/mol. The Labute approximate surface area is 113 Å². The van der Waals surface area contributed by atoms with Gasteiger partial charge in [0.2, 0.25) is 0 Å². The Morgan fingerprint density at radius 1 is 1.00 bits per heavy atom. The van der Waals surface area contributed by atoms with Gasteiger partial charge in [0, 0.05) is 5.56 Å². The highest BCUT2D eigenvalue weighted by Crippen LogP contribution is 2.30. The van der Waals surface area contributed by atoms with Gasteiger partial charge in [-0.15, -0.1) is 0 Å². The number of rotatable bonds is 3. The molecule has 106 valence electrons. The summed E-state index contributed by atoms with van der Waals surface area (Å²) >= 11 is 0. The Bertz CT molecular complexity index is 625. The van der Waals surface area contributed by atoms with Gasteiger partial charge in [-0.05, 0) is 30.2 Å². The number of aliphatic hydroxyl groups is 1. The van der Waals surface area contributed by atoms with Crippen LogP contribution >= 0.6 is 0 Å². The van der Waals surface area contributed by atoms with Crippen molar-refractivity contribution in [2.24, 2.45) is 0 Å². The monoisotopic (exact) mass is 284 g/mol. The van der Waals surface area contributed by atoms with E-state index in [9.17, 15) is 22.7 Å². The lowest BCUT2D eigenvalue weighted by Crippen LogP contribution is -2.07. The molecule has 20 heavy (non-hydrogen) atoms. The van der Waals surface area contributed by atoms with E-state index in [-0.39, 0.29) is 16.7 Å². The molecule has 1 unspecified atom stereocenters. The van der Waals surface area contributed by atoms with Crippen LogP contribution in [0.2, 0.25) is 0 Å². The molecule has 0 aliphatic heterocycles. The first-order chi connectivity index (χ1) is 9.41. The van der Waals surface area contributed by atoms with Crippen LogP contribution in [0.15, 0.2) is 36.4 Å². The summed E-state index contributed by atoms with van der Waals surface area (Å²) in [5.74, 6) is -1.79. The molecule has 0 aromatic heterocycles. The van der Waals surface area contributed by atoms with Crippen LogP contribution in [-0.2, 0) is 0 Å². The van der Waals surface area contributed by atoms with Gasteiger partial charge >= 0.3 is 0 Å². The third kappa shape index (κ3) is 2.67. The van der Waals surface area contributed by atoms with E-state index in [0.29, 0.717) is 0 Å². The van der Waals surface area contributed by atoms with Gasteiger partial charge in [-0.3, -0.25) is 0 Å². The highest BCUT2D eigenvalue weighted by Gasteiger charge is 2.22. The largest absolute Gasteiger partial charge is 0.383 e. The summed E-state index contributed by atoms with van der Waals surface area (Å²) in [4.78, 5) is 0. The minimum Gasteiger partial charge on any atom is -0.383 e. The molecule has 0 saturated heterocycles. The molecule has 2 aromatic rings. The van der Waals surface area contributed by atoms with E-state index in [2.05, 4.69) is 0 Å². The lowest BCUT2D eigenvalue weighted by molar-refractivity contribution is 0.150. The summed E-state index contributed by atoms with van der Waals surface area (Å²) in [6, 6.07) is 7.16. The van der Waals surface area contributed by atoms with Crippen molar-refractivity contribution in [3.8, 4) is 0 Å². The fourth-order valence-electron chi connectivity index (χ4n) is 1.96. The Morgan fingerprint density at radius 3 is 2.30 bits per heavy atom. The Hall–Kier alpha value is -1.88. The van der Waals surface area contributed by atoms with Gasteiger partial charge < -0.3 is 5.11 Å². The van der Waals surface area contributed by atoms with E-state index in [0.717, 1.165) is 12.1 Å². The molecule has 0 bridgehead atoms. The molecule has 0 spiro atoms. The minimum absolute atomic E-state index is 0.0196. The molecule has 0 saturated carbocycles. The van der Waals surface area contributed by atoms with Gasteiger partial charge in [0.15, 0.2) is 0 Å². The molecule has 0 aliphatic rings. The van der Waals surface area contributed by atoms with Gasteiger partial charge in [0.05, 0.1) is 5.56 Å². The first-order valence-electron chi connectivity index (χ1n) is 5.92. The number of hydrogen-bond donors (Lipinski definition) is 1. The topological polar surface area (TPSA) is 20.2 Å². The highest BCUT2D eigenvalue weighted by molar-refractivity contribution is 5.36. The van der Waals surface area contributed by atoms with Crippen molar-refractivity contribution in [2.75, 3.05) is 0 Å². The molecule has 0 radical (unpaired) electrons. The molecule has 0 aliphatic carbocycles. The fourth-order valence-corrected chi connectivity index (χ4v) is 1.96. The van der Waals surface area contributed by atoms with Crippen LogP contribution in [0, 0.1) is 18.6 Å². The zero-order valence-electron chi connectivity index (χ0n) is 10.6. The standard InChI is InChI=1S/C15H12F4O/c1-8-5-6-11(16)12(13(8)17)14(20)9-3-2-4-10(7-9)15(18)19/h2-7,14-15,20H,1H3. The average Bonchev–Trinajstić information content (AvgIpc) is 2.43. The second kappa shape index (κ2) is 5.63. The van der Waals surface area contributed by atoms with E-state index in [1.54, 1.807) is 0 Å². The number of hydrogen-bond acceptors (Lipinski definition) is 1. The summed E-state index contributed by atoms with van der Waals surface area (Å²) in [6.45, 7) is 1.43. The molecule has 1 atom stereocenters. The maximum Gasteiger partial charge on any atom is 0.263 e. The predicted molar refractivity (Wildman–Crippen MR) is 66.6 cm³/mol. The van der Waals surface area contributed by atoms with Crippen molar-refractivity contribution in [1.82, 2.24) is 0 Å². The smallest absolute Gasteiger partial charge is 0.263 e. The van der Waals surface area contributed by atoms with Crippen molar-refractivity contribution in [2.45, 2.75) is 19.5 Å². The zero-order valence-corrected chi connectivity index (χ0v) is 10.6. The first-order valence-corrected chi connectivity index (χ1v) is 5.92. The molecule has 0 heterocycles. The second-order valence-corrected chi connectivity index (χ2v) is 4.47. The molecule has 2 aromatic carbocycles. The third-order valence-corrected chi connectivity index (χ3v) is 3.07. The van der Waals surface area contributed by atoms with Crippen molar-refractivity contribution in [1.29, 1.82) is 0 Å². The predicted octanol–water partition coefficient (Wildman–Crippen LogP) is 4.29. The SMILES string of the molecule is Cc1ccc(F)c(C(O)c2cccc(C(F)F)c2)c1F. The summed E-state index contributed by atoms with van der Waals surface area (Å²) in [7, 11) is 0. The van der Waals surface area contributed by atoms with E-state index in [1.807, 2.05) is 0 Å². The van der Waals surface area contributed by atoms with Gasteiger partial charge in [0.25, 0.3) is 6.43 Å². The van der Waals surface area contributed by atoms with Gasteiger partial charge in [-0.1, -0.05) is 24.3 Å². The lowest BCUT2D eigenvalue weighted by atomic mass is 9.97. The number of benzene rings is 2. The second-order valence-electron chi connectivity index (χ2n) is 4.47. The maximum atomic E-state index is 13.9. The summed E-state index contributed by atoms with van der Waals surface area (Å²) < 4.78 is 52.8. The third-order valence-electron chi connectivity index (χ3n) is 3.07. The van der Waals surface area contributed by atoms with Crippen molar-refractivity contribution >= 4 is 0 Å². The number of aryl methyl sites for hydroxylation is 1. The number of alkyl halides is 2. The van der Waals surface area contributed by atoms with Gasteiger partial charge in [0.1, 0.15) is 17.7 Å². The molecular formula is C15H12F4O. The highest BCUT2D eigenvalue weighted by atomic mass is 19.3. The summed E-state index contributed by atoms with van der Waals surface area (Å²) in [5, 5.41) is 10.1. The first kappa shape index (κ1) is 14.5. The van der Waals surface area contributed by atoms with E-state index in [4.69, 9.17) is 0 Å². The Morgan fingerprint density at radius 2 is 1.65 bits per heavy atom. The van der Waals surface area contributed by atoms with Crippen LogP contribution in [0.4, 0.5) is 17.6 Å². The van der Waals surface area contributed by atoms with E-state index >= 15 is 0 Å². The Balaban J connectivity index is 2.49. The van der Waals surface area contributed by atoms with Crippen molar-refractivity contribution < 1.29 is 22.7 Å². The quantitative estimate of drug-likeness (QED) is 0.833. The van der Waals surface area contributed by atoms with Crippen LogP contribution in [0.25, 0.3) is 0 Å². The van der Waals surface area contributed by atoms with Crippen LogP contribution < -0.4 is 0 Å². The normalized spacial score (nSPS) is 12.8. The van der Waals surface area contributed by atoms with E-state index < -0.39 is 29.7 Å². The molecular weight excluding hydrogens is 272 g/mol. The summed E-state index contributed by atoms with van der Waals surface area (Å²) in [5.41, 5.74) is -0.650. The lowest BCUT2D eigenvalue weighted by Gasteiger charge is -2.15. The fraction of sp³-hybridized carbons (Fsp3) is 0.200. The molecule has 1 N–H and O–H groups in total. The Kier molecular flexibility index (Phi) is 4.09. The van der Waals surface area contributed by atoms with Crippen molar-refractivity contribution in [3.63, 3.8) is 0 Å². The number of halogens is 4. The minimum atomic E-state index is -2.71. The molecule has 0 amide bonds.